The highest BCUT2D eigenvalue weighted by atomic mass is 35.5. The van der Waals surface area contributed by atoms with E-state index in [0.717, 1.165) is 23.4 Å². The van der Waals surface area contributed by atoms with Crippen LogP contribution in [-0.4, -0.2) is 59.5 Å². The van der Waals surface area contributed by atoms with E-state index in [1.54, 1.807) is 17.0 Å². The van der Waals surface area contributed by atoms with E-state index in [0.29, 0.717) is 42.2 Å². The van der Waals surface area contributed by atoms with Crippen molar-refractivity contribution in [2.24, 2.45) is 0 Å². The van der Waals surface area contributed by atoms with E-state index < -0.39 is 23.2 Å². The smallest absolute Gasteiger partial charge is 0.350 e. The number of likely N-dealkylation sites (tertiary alicyclic amines) is 1. The Balaban J connectivity index is 1.26. The fraction of sp³-hybridized carbons (Fsp3) is 0.323. The van der Waals surface area contributed by atoms with Gasteiger partial charge in [0.2, 0.25) is 5.91 Å². The number of piperidine rings is 1. The van der Waals surface area contributed by atoms with Gasteiger partial charge in [-0.15, -0.1) is 0 Å². The monoisotopic (exact) mass is 613 g/mol. The van der Waals surface area contributed by atoms with Crippen molar-refractivity contribution in [2.45, 2.75) is 38.0 Å². The van der Waals surface area contributed by atoms with Crippen molar-refractivity contribution in [1.82, 2.24) is 15.1 Å². The highest BCUT2D eigenvalue weighted by Crippen LogP contribution is 2.39. The predicted molar refractivity (Wildman–Crippen MR) is 158 cm³/mol. The van der Waals surface area contributed by atoms with Crippen molar-refractivity contribution in [3.63, 3.8) is 0 Å². The summed E-state index contributed by atoms with van der Waals surface area (Å²) in [5.41, 5.74) is 0.844. The Labute approximate surface area is 252 Å². The summed E-state index contributed by atoms with van der Waals surface area (Å²) in [5.74, 6) is -0.708. The molecule has 2 N–H and O–H groups in total. The van der Waals surface area contributed by atoms with Gasteiger partial charge in [0.1, 0.15) is 12.1 Å². The van der Waals surface area contributed by atoms with Crippen molar-refractivity contribution in [2.75, 3.05) is 36.5 Å². The van der Waals surface area contributed by atoms with E-state index in [9.17, 15) is 27.6 Å². The molecule has 5 rings (SSSR count). The van der Waals surface area contributed by atoms with Crippen LogP contribution in [0.3, 0.4) is 0 Å². The van der Waals surface area contributed by atoms with Gasteiger partial charge in [0.15, 0.2) is 0 Å². The summed E-state index contributed by atoms with van der Waals surface area (Å²) in [6.45, 7) is 2.31. The number of halogens is 4. The minimum Gasteiger partial charge on any atom is -0.350 e. The molecule has 0 bridgehead atoms. The lowest BCUT2D eigenvalue weighted by molar-refractivity contribution is -0.138. The molecular weight excluding hydrogens is 583 g/mol. The Kier molecular flexibility index (Phi) is 8.55. The number of hydrogen-bond acceptors (Lipinski definition) is 4. The topological polar surface area (TPSA) is 85.0 Å². The van der Waals surface area contributed by atoms with Crippen LogP contribution in [0.4, 0.5) is 29.3 Å². The largest absolute Gasteiger partial charge is 0.416 e. The number of benzene rings is 3. The summed E-state index contributed by atoms with van der Waals surface area (Å²) < 4.78 is 39.2. The van der Waals surface area contributed by atoms with Crippen molar-refractivity contribution >= 4 is 40.8 Å². The van der Waals surface area contributed by atoms with Gasteiger partial charge in [0.05, 0.1) is 12.2 Å². The average molecular weight is 614 g/mol. The number of urea groups is 1. The van der Waals surface area contributed by atoms with E-state index in [4.69, 9.17) is 11.6 Å². The van der Waals surface area contributed by atoms with Crippen LogP contribution in [-0.2, 0) is 22.3 Å². The van der Waals surface area contributed by atoms with E-state index in [2.05, 4.69) is 10.6 Å². The van der Waals surface area contributed by atoms with Gasteiger partial charge in [-0.1, -0.05) is 48.0 Å². The molecule has 0 radical (unpaired) electrons. The lowest BCUT2D eigenvalue weighted by Gasteiger charge is -2.43. The van der Waals surface area contributed by atoms with Crippen LogP contribution in [0.15, 0.2) is 72.8 Å². The first-order valence-electron chi connectivity index (χ1n) is 13.8. The van der Waals surface area contributed by atoms with Gasteiger partial charge in [-0.2, -0.15) is 13.2 Å². The minimum atomic E-state index is -4.48. The molecule has 12 heteroatoms. The van der Waals surface area contributed by atoms with Crippen LogP contribution in [0.1, 0.15) is 29.5 Å². The molecule has 4 amide bonds. The summed E-state index contributed by atoms with van der Waals surface area (Å²) in [6.07, 6.45) is -3.78. The van der Waals surface area contributed by atoms with Crippen molar-refractivity contribution in [3.8, 4) is 0 Å². The zero-order valence-corrected chi connectivity index (χ0v) is 24.2. The number of hydrogen-bond donors (Lipinski definition) is 2. The molecular formula is C31H31ClF3N5O3. The van der Waals surface area contributed by atoms with Crippen LogP contribution in [0, 0.1) is 6.92 Å². The molecule has 0 saturated carbocycles. The number of nitrogens with zero attached hydrogens (tertiary/aromatic N) is 3. The predicted octanol–water partition coefficient (Wildman–Crippen LogP) is 5.66. The molecule has 8 nitrogen and oxygen atoms in total. The van der Waals surface area contributed by atoms with Crippen LogP contribution < -0.4 is 15.5 Å². The van der Waals surface area contributed by atoms with Gasteiger partial charge in [-0.25, -0.2) is 4.79 Å². The van der Waals surface area contributed by atoms with Gasteiger partial charge in [0, 0.05) is 36.0 Å². The minimum absolute atomic E-state index is 0.103. The number of rotatable bonds is 6. The molecule has 2 saturated heterocycles. The Morgan fingerprint density at radius 3 is 2.37 bits per heavy atom. The summed E-state index contributed by atoms with van der Waals surface area (Å²) in [4.78, 5) is 44.9. The van der Waals surface area contributed by atoms with E-state index in [1.807, 2.05) is 48.2 Å². The molecule has 3 aromatic carbocycles. The molecule has 3 aromatic rings. The molecule has 2 aliphatic heterocycles. The number of nitrogens with one attached hydrogen (secondary N) is 2. The third-order valence-electron chi connectivity index (χ3n) is 7.96. The fourth-order valence-corrected chi connectivity index (χ4v) is 5.74. The van der Waals surface area contributed by atoms with Gasteiger partial charge in [-0.3, -0.25) is 9.59 Å². The van der Waals surface area contributed by atoms with E-state index in [-0.39, 0.29) is 31.7 Å². The SMILES string of the molecule is Cc1ccc(NC(=O)N2CCC3(CC2)C(=O)N(CC(=O)NCc2cccc(C(F)(F)F)c2)CN3c2ccccc2)cc1Cl. The zero-order valence-electron chi connectivity index (χ0n) is 23.5. The van der Waals surface area contributed by atoms with E-state index in [1.165, 1.54) is 17.0 Å². The van der Waals surface area contributed by atoms with E-state index >= 15 is 0 Å². The van der Waals surface area contributed by atoms with Crippen molar-refractivity contribution in [1.29, 1.82) is 0 Å². The number of carbonyl (C=O) groups excluding carboxylic acids is 3. The Hall–Kier alpha value is -4.25. The molecule has 2 heterocycles. The molecule has 2 fully saturated rings. The quantitative estimate of drug-likeness (QED) is 0.376. The molecule has 2 aliphatic rings. The highest BCUT2D eigenvalue weighted by molar-refractivity contribution is 6.31. The molecule has 0 aromatic heterocycles. The van der Waals surface area contributed by atoms with Crippen LogP contribution in [0.25, 0.3) is 0 Å². The van der Waals surface area contributed by atoms with Crippen molar-refractivity contribution < 1.29 is 27.6 Å². The highest BCUT2D eigenvalue weighted by Gasteiger charge is 2.54. The normalized spacial score (nSPS) is 16.5. The first-order valence-corrected chi connectivity index (χ1v) is 14.2. The summed E-state index contributed by atoms with van der Waals surface area (Å²) in [5, 5.41) is 6.05. The first-order chi connectivity index (χ1) is 20.5. The molecule has 1 spiro atoms. The fourth-order valence-electron chi connectivity index (χ4n) is 5.56. The third-order valence-corrected chi connectivity index (χ3v) is 8.37. The van der Waals surface area contributed by atoms with Gasteiger partial charge in [0.25, 0.3) is 5.91 Å². The maximum Gasteiger partial charge on any atom is 0.416 e. The summed E-state index contributed by atoms with van der Waals surface area (Å²) >= 11 is 6.20. The number of anilines is 2. The van der Waals surface area contributed by atoms with Gasteiger partial charge in [-0.05, 0) is 67.3 Å². The van der Waals surface area contributed by atoms with Gasteiger partial charge >= 0.3 is 12.2 Å². The second-order valence-corrected chi connectivity index (χ2v) is 11.2. The Morgan fingerprint density at radius 2 is 1.70 bits per heavy atom. The summed E-state index contributed by atoms with van der Waals surface area (Å²) in [7, 11) is 0. The number of alkyl halides is 3. The third kappa shape index (κ3) is 6.56. The molecule has 0 unspecified atom stereocenters. The summed E-state index contributed by atoms with van der Waals surface area (Å²) in [6, 6.07) is 19.1. The number of aryl methyl sites for hydroxylation is 1. The number of para-hydroxylation sites is 1. The van der Waals surface area contributed by atoms with Crippen LogP contribution in [0.5, 0.6) is 0 Å². The molecule has 0 atom stereocenters. The second-order valence-electron chi connectivity index (χ2n) is 10.8. The van der Waals surface area contributed by atoms with Crippen LogP contribution >= 0.6 is 11.6 Å². The molecule has 43 heavy (non-hydrogen) atoms. The Bertz CT molecular complexity index is 1510. The zero-order chi connectivity index (χ0) is 30.8. The number of carbonyl (C=O) groups is 3. The lowest BCUT2D eigenvalue weighted by Crippen LogP contribution is -2.58. The Morgan fingerprint density at radius 1 is 0.977 bits per heavy atom. The molecule has 226 valence electrons. The molecule has 0 aliphatic carbocycles. The first kappa shape index (κ1) is 30.2. The average Bonchev–Trinajstić information content (AvgIpc) is 3.24. The van der Waals surface area contributed by atoms with Crippen molar-refractivity contribution in [3.05, 3.63) is 94.5 Å². The standard InChI is InChI=1S/C31H31ClF3N5O3/c1-21-10-11-24(17-26(21)32)37-29(43)38-14-12-30(13-15-38)28(42)39(20-40(30)25-8-3-2-4-9-25)19-27(41)36-18-22-6-5-7-23(16-22)31(33,34)35/h2-11,16-17H,12-15,18-20H2,1H3,(H,36,41)(H,37,43). The maximum atomic E-state index is 13.9. The van der Waals surface area contributed by atoms with Crippen LogP contribution in [0.2, 0.25) is 5.02 Å². The number of amides is 4. The maximum absolute atomic E-state index is 13.9. The second kappa shape index (κ2) is 12.2. The van der Waals surface area contributed by atoms with Gasteiger partial charge < -0.3 is 25.3 Å². The lowest BCUT2D eigenvalue weighted by atomic mass is 9.85.